The van der Waals surface area contributed by atoms with Gasteiger partial charge in [-0.3, -0.25) is 9.69 Å². The molecule has 29 heavy (non-hydrogen) atoms. The second kappa shape index (κ2) is 7.76. The van der Waals surface area contributed by atoms with Crippen LogP contribution in [0.4, 0.5) is 5.69 Å². The molecule has 0 unspecified atom stereocenters. The topological polar surface area (TPSA) is 69.3 Å². The highest BCUT2D eigenvalue weighted by Gasteiger charge is 2.26. The zero-order valence-electron chi connectivity index (χ0n) is 15.8. The average Bonchev–Trinajstić information content (AvgIpc) is 3.37. The summed E-state index contributed by atoms with van der Waals surface area (Å²) in [5.74, 6) is 3.03. The van der Waals surface area contributed by atoms with Crippen LogP contribution in [0.5, 0.6) is 23.0 Å². The molecule has 0 aromatic heterocycles. The number of carbonyl (C=O) groups is 1. The molecule has 1 amide bonds. The first-order valence-electron chi connectivity index (χ1n) is 9.66. The Balaban J connectivity index is 1.16. The van der Waals surface area contributed by atoms with Crippen molar-refractivity contribution in [2.24, 2.45) is 5.92 Å². The number of ether oxygens (including phenoxy) is 4. The van der Waals surface area contributed by atoms with E-state index in [4.69, 9.17) is 18.9 Å². The number of hydrogen-bond donors (Lipinski definition) is 1. The summed E-state index contributed by atoms with van der Waals surface area (Å²) < 4.78 is 22.6. The molecule has 1 saturated heterocycles. The predicted molar refractivity (Wildman–Crippen MR) is 109 cm³/mol. The smallest absolute Gasteiger partial charge is 0.231 e. The molecule has 1 fully saturated rings. The average molecular weight is 461 g/mol. The molecule has 7 nitrogen and oxygen atoms in total. The van der Waals surface area contributed by atoms with Crippen molar-refractivity contribution in [2.45, 2.75) is 19.4 Å². The minimum atomic E-state index is 0.0110. The molecular weight excluding hydrogens is 440 g/mol. The quantitative estimate of drug-likeness (QED) is 0.748. The van der Waals surface area contributed by atoms with Crippen LogP contribution in [0, 0.1) is 5.92 Å². The summed E-state index contributed by atoms with van der Waals surface area (Å²) in [6.07, 6.45) is 1.66. The van der Waals surface area contributed by atoms with E-state index in [2.05, 4.69) is 26.1 Å². The monoisotopic (exact) mass is 460 g/mol. The lowest BCUT2D eigenvalue weighted by molar-refractivity contribution is -0.121. The van der Waals surface area contributed by atoms with E-state index in [0.29, 0.717) is 11.5 Å². The Hall–Kier alpha value is -2.45. The van der Waals surface area contributed by atoms with E-state index >= 15 is 0 Å². The normalized spacial score (nSPS) is 18.1. The Bertz CT molecular complexity index is 943. The van der Waals surface area contributed by atoms with Gasteiger partial charge in [0.25, 0.3) is 0 Å². The Labute approximate surface area is 177 Å². The number of hydrogen-bond acceptors (Lipinski definition) is 6. The van der Waals surface area contributed by atoms with Crippen molar-refractivity contribution in [3.05, 3.63) is 40.4 Å². The van der Waals surface area contributed by atoms with Crippen molar-refractivity contribution in [2.75, 3.05) is 32.0 Å². The molecule has 0 spiro atoms. The van der Waals surface area contributed by atoms with E-state index in [0.717, 1.165) is 59.7 Å². The molecule has 8 heteroatoms. The summed E-state index contributed by atoms with van der Waals surface area (Å²) >= 11 is 3.62. The Morgan fingerprint density at radius 1 is 0.966 bits per heavy atom. The first-order valence-corrected chi connectivity index (χ1v) is 10.5. The van der Waals surface area contributed by atoms with Crippen LogP contribution in [-0.2, 0) is 11.3 Å². The van der Waals surface area contributed by atoms with E-state index in [1.54, 1.807) is 0 Å². The fourth-order valence-corrected chi connectivity index (χ4v) is 4.34. The number of benzene rings is 2. The molecule has 3 heterocycles. The molecule has 152 valence electrons. The molecule has 3 aliphatic heterocycles. The highest BCUT2D eigenvalue weighted by Crippen LogP contribution is 2.38. The van der Waals surface area contributed by atoms with E-state index < -0.39 is 0 Å². The van der Waals surface area contributed by atoms with Gasteiger partial charge in [-0.15, -0.1) is 0 Å². The van der Waals surface area contributed by atoms with Crippen LogP contribution >= 0.6 is 15.9 Å². The molecule has 2 aromatic carbocycles. The number of halogens is 1. The van der Waals surface area contributed by atoms with E-state index in [1.807, 2.05) is 30.3 Å². The molecular formula is C21H21BrN2O5. The molecule has 2 aromatic rings. The standard InChI is InChI=1S/C21H21BrN2O5/c22-16-9-20-18(27-12-29-20)7-14(16)10-24-5-3-13(4-6-24)21(25)23-15-1-2-17-19(8-15)28-11-26-17/h1-2,7-9,13H,3-6,10-12H2,(H,23,25). The molecule has 0 aliphatic carbocycles. The van der Waals surface area contributed by atoms with Gasteiger partial charge in [0.15, 0.2) is 23.0 Å². The van der Waals surface area contributed by atoms with Crippen LogP contribution in [-0.4, -0.2) is 37.5 Å². The highest BCUT2D eigenvalue weighted by atomic mass is 79.9. The van der Waals surface area contributed by atoms with Crippen molar-refractivity contribution < 1.29 is 23.7 Å². The number of nitrogens with zero attached hydrogens (tertiary/aromatic N) is 1. The van der Waals surface area contributed by atoms with Crippen LogP contribution in [0.1, 0.15) is 18.4 Å². The maximum atomic E-state index is 12.7. The maximum Gasteiger partial charge on any atom is 0.231 e. The van der Waals surface area contributed by atoms with Crippen LogP contribution in [0.2, 0.25) is 0 Å². The second-order valence-electron chi connectivity index (χ2n) is 7.40. The van der Waals surface area contributed by atoms with Gasteiger partial charge in [-0.1, -0.05) is 15.9 Å². The van der Waals surface area contributed by atoms with E-state index in [1.165, 1.54) is 0 Å². The number of anilines is 1. The summed E-state index contributed by atoms with van der Waals surface area (Å²) in [4.78, 5) is 15.0. The van der Waals surface area contributed by atoms with Crippen molar-refractivity contribution in [3.63, 3.8) is 0 Å². The fourth-order valence-electron chi connectivity index (χ4n) is 3.89. The zero-order valence-corrected chi connectivity index (χ0v) is 17.4. The summed E-state index contributed by atoms with van der Waals surface area (Å²) in [5.41, 5.74) is 1.91. The van der Waals surface area contributed by atoms with E-state index in [9.17, 15) is 4.79 Å². The second-order valence-corrected chi connectivity index (χ2v) is 8.26. The first kappa shape index (κ1) is 18.6. The minimum absolute atomic E-state index is 0.0110. The predicted octanol–water partition coefficient (Wildman–Crippen LogP) is 3.76. The van der Waals surface area contributed by atoms with E-state index in [-0.39, 0.29) is 25.4 Å². The fraction of sp³-hybridized carbons (Fsp3) is 0.381. The number of piperidine rings is 1. The first-order chi connectivity index (χ1) is 14.2. The lowest BCUT2D eigenvalue weighted by Gasteiger charge is -2.31. The lowest BCUT2D eigenvalue weighted by atomic mass is 9.95. The highest BCUT2D eigenvalue weighted by molar-refractivity contribution is 9.10. The third-order valence-corrected chi connectivity index (χ3v) is 6.27. The SMILES string of the molecule is O=C(Nc1ccc2c(c1)OCO2)C1CCN(Cc2cc3c(cc2Br)OCO3)CC1. The summed E-state index contributed by atoms with van der Waals surface area (Å²) in [6, 6.07) is 9.47. The zero-order chi connectivity index (χ0) is 19.8. The maximum absolute atomic E-state index is 12.7. The van der Waals surface area contributed by atoms with Gasteiger partial charge in [0.2, 0.25) is 19.5 Å². The largest absolute Gasteiger partial charge is 0.454 e. The van der Waals surface area contributed by atoms with Crippen LogP contribution < -0.4 is 24.3 Å². The molecule has 0 atom stereocenters. The van der Waals surface area contributed by atoms with Crippen LogP contribution in [0.25, 0.3) is 0 Å². The number of likely N-dealkylation sites (tertiary alicyclic amines) is 1. The van der Waals surface area contributed by atoms with Crippen molar-refractivity contribution in [3.8, 4) is 23.0 Å². The Kier molecular flexibility index (Phi) is 4.97. The minimum Gasteiger partial charge on any atom is -0.454 e. The third-order valence-electron chi connectivity index (χ3n) is 5.53. The van der Waals surface area contributed by atoms with Crippen LogP contribution in [0.15, 0.2) is 34.8 Å². The summed E-state index contributed by atoms with van der Waals surface area (Å²) in [7, 11) is 0. The summed E-state index contributed by atoms with van der Waals surface area (Å²) in [6.45, 7) is 3.06. The van der Waals surface area contributed by atoms with Crippen molar-refractivity contribution in [1.29, 1.82) is 0 Å². The van der Waals surface area contributed by atoms with Gasteiger partial charge in [-0.2, -0.15) is 0 Å². The van der Waals surface area contributed by atoms with Gasteiger partial charge < -0.3 is 24.3 Å². The third kappa shape index (κ3) is 3.86. The molecule has 3 aliphatic rings. The molecule has 0 radical (unpaired) electrons. The van der Waals surface area contributed by atoms with Crippen molar-refractivity contribution in [1.82, 2.24) is 4.90 Å². The summed E-state index contributed by atoms with van der Waals surface area (Å²) in [5, 5.41) is 3.01. The van der Waals surface area contributed by atoms with Gasteiger partial charge in [0, 0.05) is 28.7 Å². The van der Waals surface area contributed by atoms with Gasteiger partial charge in [0.1, 0.15) is 0 Å². The van der Waals surface area contributed by atoms with Gasteiger partial charge in [-0.05, 0) is 55.8 Å². The van der Waals surface area contributed by atoms with Gasteiger partial charge >= 0.3 is 0 Å². The molecule has 0 bridgehead atoms. The number of carbonyl (C=O) groups excluding carboxylic acids is 1. The number of fused-ring (bicyclic) bond motifs is 2. The van der Waals surface area contributed by atoms with Gasteiger partial charge in [0.05, 0.1) is 0 Å². The van der Waals surface area contributed by atoms with Crippen molar-refractivity contribution >= 4 is 27.5 Å². The molecule has 1 N–H and O–H groups in total. The number of amides is 1. The van der Waals surface area contributed by atoms with Crippen LogP contribution in [0.3, 0.4) is 0 Å². The lowest BCUT2D eigenvalue weighted by Crippen LogP contribution is -2.37. The Morgan fingerprint density at radius 3 is 2.38 bits per heavy atom. The number of rotatable bonds is 4. The molecule has 0 saturated carbocycles. The molecule has 5 rings (SSSR count). The van der Waals surface area contributed by atoms with Gasteiger partial charge in [-0.25, -0.2) is 0 Å². The Morgan fingerprint density at radius 2 is 1.62 bits per heavy atom. The number of nitrogens with one attached hydrogen (secondary N) is 1.